The first-order chi connectivity index (χ1) is 7.81. The van der Waals surface area contributed by atoms with Crippen LogP contribution in [0.4, 0.5) is 5.69 Å². The number of hydrogen-bond acceptors (Lipinski definition) is 3. The largest absolute Gasteiger partial charge is 0.382 e. The van der Waals surface area contributed by atoms with Gasteiger partial charge in [-0.3, -0.25) is 0 Å². The molecule has 0 unspecified atom stereocenters. The van der Waals surface area contributed by atoms with Crippen molar-refractivity contribution in [2.75, 3.05) is 18.2 Å². The van der Waals surface area contributed by atoms with E-state index in [1.165, 1.54) is 10.6 Å². The van der Waals surface area contributed by atoms with Crippen molar-refractivity contribution in [3.8, 4) is 0 Å². The maximum Gasteiger partial charge on any atom is 0.0614 e. The summed E-state index contributed by atoms with van der Waals surface area (Å²) in [5.74, 6) is 0. The molecular formula is C13H19NOS. The molecule has 1 fully saturated rings. The molecular weight excluding hydrogens is 218 g/mol. The molecule has 2 rings (SSSR count). The maximum atomic E-state index is 5.55. The molecule has 88 valence electrons. The second-order valence-electron chi connectivity index (χ2n) is 4.12. The third-order valence-electron chi connectivity index (χ3n) is 2.94. The molecule has 0 aromatic heterocycles. The Morgan fingerprint density at radius 2 is 2.25 bits per heavy atom. The molecule has 0 heterocycles. The van der Waals surface area contributed by atoms with Gasteiger partial charge in [-0.25, -0.2) is 0 Å². The Kier molecular flexibility index (Phi) is 4.13. The highest BCUT2D eigenvalue weighted by Gasteiger charge is 2.29. The van der Waals surface area contributed by atoms with Crippen molar-refractivity contribution in [1.29, 1.82) is 0 Å². The average molecular weight is 237 g/mol. The lowest BCUT2D eigenvalue weighted by molar-refractivity contribution is 0.00299. The van der Waals surface area contributed by atoms with Gasteiger partial charge >= 0.3 is 0 Å². The van der Waals surface area contributed by atoms with E-state index in [0.29, 0.717) is 12.1 Å². The van der Waals surface area contributed by atoms with Gasteiger partial charge in [0.15, 0.2) is 0 Å². The van der Waals surface area contributed by atoms with E-state index in [4.69, 9.17) is 4.74 Å². The SMILES string of the molecule is CCOC1CC(Nc2cccc(SC)c2)C1. The summed E-state index contributed by atoms with van der Waals surface area (Å²) < 4.78 is 5.55. The van der Waals surface area contributed by atoms with Crippen molar-refractivity contribution in [2.24, 2.45) is 0 Å². The summed E-state index contributed by atoms with van der Waals surface area (Å²) in [5, 5.41) is 3.55. The first-order valence-corrected chi connectivity index (χ1v) is 7.06. The molecule has 0 amide bonds. The molecule has 1 N–H and O–H groups in total. The Morgan fingerprint density at radius 3 is 2.94 bits per heavy atom. The zero-order chi connectivity index (χ0) is 11.4. The van der Waals surface area contributed by atoms with Gasteiger partial charge in [-0.2, -0.15) is 0 Å². The molecule has 0 atom stereocenters. The minimum absolute atomic E-state index is 0.478. The van der Waals surface area contributed by atoms with Crippen LogP contribution in [0.25, 0.3) is 0 Å². The topological polar surface area (TPSA) is 21.3 Å². The molecule has 1 aromatic rings. The van der Waals surface area contributed by atoms with Crippen molar-refractivity contribution in [2.45, 2.75) is 36.8 Å². The zero-order valence-electron chi connectivity index (χ0n) is 9.90. The molecule has 16 heavy (non-hydrogen) atoms. The van der Waals surface area contributed by atoms with Gasteiger partial charge in [0.05, 0.1) is 6.10 Å². The summed E-state index contributed by atoms with van der Waals surface area (Å²) >= 11 is 1.78. The number of benzene rings is 1. The van der Waals surface area contributed by atoms with E-state index < -0.39 is 0 Å². The third-order valence-corrected chi connectivity index (χ3v) is 3.66. The second-order valence-corrected chi connectivity index (χ2v) is 5.00. The van der Waals surface area contributed by atoms with Gasteiger partial charge in [0.1, 0.15) is 0 Å². The Labute approximate surface area is 102 Å². The van der Waals surface area contributed by atoms with Gasteiger partial charge in [0.2, 0.25) is 0 Å². The number of ether oxygens (including phenoxy) is 1. The van der Waals surface area contributed by atoms with Crippen LogP contribution in [0.1, 0.15) is 19.8 Å². The van der Waals surface area contributed by atoms with E-state index in [2.05, 4.69) is 42.8 Å². The lowest BCUT2D eigenvalue weighted by Crippen LogP contribution is -2.40. The molecule has 0 aliphatic heterocycles. The van der Waals surface area contributed by atoms with Gasteiger partial charge in [0, 0.05) is 23.2 Å². The summed E-state index contributed by atoms with van der Waals surface area (Å²) in [4.78, 5) is 1.31. The predicted octanol–water partition coefficient (Wildman–Crippen LogP) is 3.39. The van der Waals surface area contributed by atoms with Crippen LogP contribution in [0, 0.1) is 0 Å². The van der Waals surface area contributed by atoms with Crippen molar-refractivity contribution in [3.05, 3.63) is 24.3 Å². The molecule has 1 aliphatic carbocycles. The van der Waals surface area contributed by atoms with Crippen LogP contribution in [0.2, 0.25) is 0 Å². The molecule has 0 saturated heterocycles. The number of hydrogen-bond donors (Lipinski definition) is 1. The fourth-order valence-corrected chi connectivity index (χ4v) is 2.46. The van der Waals surface area contributed by atoms with Gasteiger partial charge in [-0.1, -0.05) is 6.07 Å². The van der Waals surface area contributed by atoms with E-state index in [0.717, 1.165) is 19.4 Å². The highest BCUT2D eigenvalue weighted by Crippen LogP contribution is 2.28. The van der Waals surface area contributed by atoms with E-state index in [1.807, 2.05) is 0 Å². The van der Waals surface area contributed by atoms with Crippen LogP contribution in [0.5, 0.6) is 0 Å². The van der Waals surface area contributed by atoms with Crippen LogP contribution >= 0.6 is 11.8 Å². The Balaban J connectivity index is 1.82. The Morgan fingerprint density at radius 1 is 1.44 bits per heavy atom. The van der Waals surface area contributed by atoms with Crippen molar-refractivity contribution < 1.29 is 4.74 Å². The summed E-state index contributed by atoms with van der Waals surface area (Å²) in [6.45, 7) is 2.89. The van der Waals surface area contributed by atoms with Crippen molar-refractivity contribution >= 4 is 17.4 Å². The van der Waals surface area contributed by atoms with Crippen LogP contribution in [0.3, 0.4) is 0 Å². The predicted molar refractivity (Wildman–Crippen MR) is 70.3 cm³/mol. The van der Waals surface area contributed by atoms with Gasteiger partial charge in [-0.15, -0.1) is 11.8 Å². The molecule has 0 bridgehead atoms. The first kappa shape index (κ1) is 11.8. The molecule has 2 nitrogen and oxygen atoms in total. The Hall–Kier alpha value is -0.670. The third kappa shape index (κ3) is 2.92. The minimum Gasteiger partial charge on any atom is -0.382 e. The second kappa shape index (κ2) is 5.60. The molecule has 0 radical (unpaired) electrons. The molecule has 0 spiro atoms. The lowest BCUT2D eigenvalue weighted by Gasteiger charge is -2.36. The number of thioether (sulfide) groups is 1. The normalized spacial score (nSPS) is 23.9. The van der Waals surface area contributed by atoms with Crippen LogP contribution in [0.15, 0.2) is 29.2 Å². The number of nitrogens with one attached hydrogen (secondary N) is 1. The van der Waals surface area contributed by atoms with Crippen molar-refractivity contribution in [3.63, 3.8) is 0 Å². The zero-order valence-corrected chi connectivity index (χ0v) is 10.7. The standard InChI is InChI=1S/C13H19NOS/c1-3-15-12-7-11(8-12)14-10-5-4-6-13(9-10)16-2/h4-6,9,11-12,14H,3,7-8H2,1-2H3. The molecule has 1 aromatic carbocycles. The van der Waals surface area contributed by atoms with E-state index >= 15 is 0 Å². The summed E-state index contributed by atoms with van der Waals surface area (Å²) in [5.41, 5.74) is 1.23. The van der Waals surface area contributed by atoms with E-state index in [1.54, 1.807) is 11.8 Å². The fourth-order valence-electron chi connectivity index (χ4n) is 2.00. The summed E-state index contributed by atoms with van der Waals surface area (Å²) in [6.07, 6.45) is 4.86. The molecule has 1 aliphatic rings. The number of anilines is 1. The van der Waals surface area contributed by atoms with E-state index in [-0.39, 0.29) is 0 Å². The Bertz CT molecular complexity index is 336. The van der Waals surface area contributed by atoms with Crippen LogP contribution in [-0.2, 0) is 4.74 Å². The average Bonchev–Trinajstić information content (AvgIpc) is 2.27. The van der Waals surface area contributed by atoms with Crippen molar-refractivity contribution in [1.82, 2.24) is 0 Å². The summed E-state index contributed by atoms with van der Waals surface area (Å²) in [6, 6.07) is 9.17. The smallest absolute Gasteiger partial charge is 0.0614 e. The van der Waals surface area contributed by atoms with Gasteiger partial charge in [0.25, 0.3) is 0 Å². The fraction of sp³-hybridized carbons (Fsp3) is 0.538. The molecule has 3 heteroatoms. The lowest BCUT2D eigenvalue weighted by atomic mass is 9.89. The van der Waals surface area contributed by atoms with Crippen LogP contribution in [-0.4, -0.2) is 25.0 Å². The minimum atomic E-state index is 0.478. The van der Waals surface area contributed by atoms with E-state index in [9.17, 15) is 0 Å². The summed E-state index contributed by atoms with van der Waals surface area (Å²) in [7, 11) is 0. The van der Waals surface area contributed by atoms with Gasteiger partial charge < -0.3 is 10.1 Å². The monoisotopic (exact) mass is 237 g/mol. The maximum absolute atomic E-state index is 5.55. The highest BCUT2D eigenvalue weighted by atomic mass is 32.2. The highest BCUT2D eigenvalue weighted by molar-refractivity contribution is 7.98. The number of rotatable bonds is 5. The quantitative estimate of drug-likeness (QED) is 0.793. The first-order valence-electron chi connectivity index (χ1n) is 5.84. The molecule has 1 saturated carbocycles. The van der Waals surface area contributed by atoms with Crippen LogP contribution < -0.4 is 5.32 Å². The van der Waals surface area contributed by atoms with Gasteiger partial charge in [-0.05, 0) is 44.2 Å².